The summed E-state index contributed by atoms with van der Waals surface area (Å²) in [6, 6.07) is 28.3. The number of hydrogen-bond acceptors (Lipinski definition) is 7. The van der Waals surface area contributed by atoms with Crippen molar-refractivity contribution in [2.24, 2.45) is 11.8 Å². The summed E-state index contributed by atoms with van der Waals surface area (Å²) >= 11 is 0. The zero-order chi connectivity index (χ0) is 42.2. The number of aromatic amines is 1. The van der Waals surface area contributed by atoms with E-state index in [1.165, 1.54) is 0 Å². The molecular formula is C47H59N7O5. The third kappa shape index (κ3) is 16.4. The largest absolute Gasteiger partial charge is 0.354 e. The monoisotopic (exact) mass is 801 g/mol. The number of anilines is 1. The molecule has 3 aliphatic rings. The maximum absolute atomic E-state index is 12.8. The Kier molecular flexibility index (Phi) is 19.6. The van der Waals surface area contributed by atoms with Gasteiger partial charge < -0.3 is 35.9 Å². The molecule has 1 saturated heterocycles. The molecule has 12 nitrogen and oxygen atoms in total. The molecule has 3 aromatic carbocycles. The summed E-state index contributed by atoms with van der Waals surface area (Å²) in [5.74, 6) is 7.11. The lowest BCUT2D eigenvalue weighted by molar-refractivity contribution is -0.134. The van der Waals surface area contributed by atoms with Crippen LogP contribution < -0.4 is 21.3 Å². The van der Waals surface area contributed by atoms with E-state index < -0.39 is 6.04 Å². The van der Waals surface area contributed by atoms with Gasteiger partial charge in [0.15, 0.2) is 0 Å². The highest BCUT2D eigenvalue weighted by molar-refractivity contribution is 5.90. The van der Waals surface area contributed by atoms with Gasteiger partial charge in [-0.2, -0.15) is 0 Å². The number of rotatable bonds is 14. The molecule has 4 aromatic rings. The number of likely N-dealkylation sites (tertiary alicyclic amines) is 1. The fourth-order valence-electron chi connectivity index (χ4n) is 6.11. The second-order valence-corrected chi connectivity index (χ2v) is 14.3. The molecule has 2 atom stereocenters. The molecule has 2 unspecified atom stereocenters. The molecule has 5 N–H and O–H groups in total. The molecule has 59 heavy (non-hydrogen) atoms. The number of carbonyl (C=O) groups is 5. The number of aldehydes is 1. The van der Waals surface area contributed by atoms with Crippen LogP contribution in [0.1, 0.15) is 106 Å². The summed E-state index contributed by atoms with van der Waals surface area (Å²) in [5.41, 5.74) is 3.02. The van der Waals surface area contributed by atoms with Gasteiger partial charge in [-0.25, -0.2) is 4.98 Å². The van der Waals surface area contributed by atoms with Crippen LogP contribution in [-0.4, -0.2) is 71.5 Å². The molecule has 2 saturated carbocycles. The lowest BCUT2D eigenvalue weighted by Crippen LogP contribution is -2.40. The molecule has 312 valence electrons. The van der Waals surface area contributed by atoms with Gasteiger partial charge in [0.1, 0.15) is 23.8 Å². The van der Waals surface area contributed by atoms with Crippen LogP contribution in [0, 0.1) is 23.7 Å². The van der Waals surface area contributed by atoms with Crippen LogP contribution in [0.3, 0.4) is 0 Å². The van der Waals surface area contributed by atoms with Gasteiger partial charge in [0.05, 0.1) is 18.8 Å². The first-order valence-electron chi connectivity index (χ1n) is 20.8. The van der Waals surface area contributed by atoms with E-state index in [1.54, 1.807) is 18.1 Å². The smallest absolute Gasteiger partial charge is 0.242 e. The molecule has 7 rings (SSSR count). The van der Waals surface area contributed by atoms with Crippen molar-refractivity contribution in [1.82, 2.24) is 30.8 Å². The minimum atomic E-state index is -0.410. The number of benzene rings is 3. The van der Waals surface area contributed by atoms with E-state index in [-0.39, 0.29) is 42.1 Å². The van der Waals surface area contributed by atoms with E-state index in [1.807, 2.05) is 105 Å². The molecule has 0 radical (unpaired) electrons. The van der Waals surface area contributed by atoms with E-state index in [4.69, 9.17) is 0 Å². The Hall–Kier alpha value is -6.06. The van der Waals surface area contributed by atoms with E-state index in [0.29, 0.717) is 55.5 Å². The summed E-state index contributed by atoms with van der Waals surface area (Å²) in [5, 5.41) is 11.6. The summed E-state index contributed by atoms with van der Waals surface area (Å²) in [7, 11) is 1.76. The van der Waals surface area contributed by atoms with Crippen LogP contribution in [0.4, 0.5) is 5.69 Å². The highest BCUT2D eigenvalue weighted by atomic mass is 16.2. The van der Waals surface area contributed by atoms with Gasteiger partial charge in [-0.15, -0.1) is 0 Å². The quantitative estimate of drug-likeness (QED) is 0.0553. The average Bonchev–Trinajstić information content (AvgIpc) is 4.21. The first kappa shape index (κ1) is 45.6. The maximum Gasteiger partial charge on any atom is 0.242 e. The van der Waals surface area contributed by atoms with Crippen molar-refractivity contribution in [1.29, 1.82) is 0 Å². The molecule has 4 amide bonds. The van der Waals surface area contributed by atoms with Crippen molar-refractivity contribution in [3.63, 3.8) is 0 Å². The zero-order valence-electron chi connectivity index (χ0n) is 34.5. The molecule has 0 spiro atoms. The van der Waals surface area contributed by atoms with Crippen molar-refractivity contribution >= 4 is 35.6 Å². The number of amides is 4. The number of imidazole rings is 1. The summed E-state index contributed by atoms with van der Waals surface area (Å²) in [4.78, 5) is 68.7. The number of nitrogens with zero attached hydrogens (tertiary/aromatic N) is 2. The molecule has 2 aliphatic carbocycles. The van der Waals surface area contributed by atoms with Gasteiger partial charge in [-0.05, 0) is 94.2 Å². The van der Waals surface area contributed by atoms with Crippen molar-refractivity contribution in [3.05, 3.63) is 120 Å². The first-order valence-corrected chi connectivity index (χ1v) is 20.8. The minimum absolute atomic E-state index is 0.0163. The molecule has 1 aromatic heterocycles. The van der Waals surface area contributed by atoms with Gasteiger partial charge in [-0.1, -0.05) is 86.5 Å². The number of carbonyl (C=O) groups excluding carboxylic acids is 5. The van der Waals surface area contributed by atoms with Gasteiger partial charge in [0.25, 0.3) is 0 Å². The third-order valence-electron chi connectivity index (χ3n) is 9.65. The van der Waals surface area contributed by atoms with Crippen molar-refractivity contribution < 1.29 is 24.0 Å². The predicted molar refractivity (Wildman–Crippen MR) is 231 cm³/mol. The number of unbranched alkanes of at least 4 members (excludes halogenated alkanes) is 1. The SMILES string of the molecule is CC.CNC(C(=O)NCCCCC(=O)Nc1ccc(C#Cc2cnc(C3CCCN3C(=O)CNC(=O)C3CC3)[nH]2)cc1)c1ccccc1.O=CC1CC1.c1ccccc1. The minimum Gasteiger partial charge on any atom is -0.354 e. The van der Waals surface area contributed by atoms with Crippen molar-refractivity contribution in [2.45, 2.75) is 83.7 Å². The fraction of sp³-hybridized carbons (Fsp3) is 0.404. The van der Waals surface area contributed by atoms with E-state index in [0.717, 1.165) is 55.9 Å². The number of nitrogens with one attached hydrogen (secondary N) is 5. The highest BCUT2D eigenvalue weighted by Crippen LogP contribution is 2.31. The summed E-state index contributed by atoms with van der Waals surface area (Å²) in [6.45, 7) is 5.15. The highest BCUT2D eigenvalue weighted by Gasteiger charge is 2.34. The fourth-order valence-corrected chi connectivity index (χ4v) is 6.11. The molecule has 3 fully saturated rings. The Morgan fingerprint density at radius 2 is 1.51 bits per heavy atom. The molecule has 0 bridgehead atoms. The Labute approximate surface area is 348 Å². The van der Waals surface area contributed by atoms with Crippen LogP contribution in [0.25, 0.3) is 0 Å². The Balaban J connectivity index is 0.000000505. The number of hydrogen-bond donors (Lipinski definition) is 5. The first-order chi connectivity index (χ1) is 28.8. The second kappa shape index (κ2) is 25.3. The van der Waals surface area contributed by atoms with Crippen LogP contribution in [0.15, 0.2) is 97.2 Å². The van der Waals surface area contributed by atoms with Crippen LogP contribution in [0.2, 0.25) is 0 Å². The summed E-state index contributed by atoms with van der Waals surface area (Å²) in [6.07, 6.45) is 10.2. The lowest BCUT2D eigenvalue weighted by Gasteiger charge is -2.23. The van der Waals surface area contributed by atoms with Gasteiger partial charge >= 0.3 is 0 Å². The second-order valence-electron chi connectivity index (χ2n) is 14.3. The molecule has 12 heteroatoms. The van der Waals surface area contributed by atoms with Gasteiger partial charge in [-0.3, -0.25) is 19.2 Å². The number of likely N-dealkylation sites (N-methyl/N-ethyl adjacent to an activating group) is 1. The van der Waals surface area contributed by atoms with Crippen LogP contribution >= 0.6 is 0 Å². The zero-order valence-corrected chi connectivity index (χ0v) is 34.5. The average molecular weight is 802 g/mol. The van der Waals surface area contributed by atoms with Crippen molar-refractivity contribution in [3.8, 4) is 11.8 Å². The Bertz CT molecular complexity index is 1920. The van der Waals surface area contributed by atoms with E-state index >= 15 is 0 Å². The Morgan fingerprint density at radius 1 is 0.847 bits per heavy atom. The Morgan fingerprint density at radius 3 is 2.10 bits per heavy atom. The summed E-state index contributed by atoms with van der Waals surface area (Å²) < 4.78 is 0. The predicted octanol–water partition coefficient (Wildman–Crippen LogP) is 6.49. The maximum atomic E-state index is 12.8. The number of H-pyrrole nitrogens is 1. The molecule has 1 aliphatic heterocycles. The van der Waals surface area contributed by atoms with Gasteiger partial charge in [0.2, 0.25) is 23.6 Å². The topological polar surface area (TPSA) is 165 Å². The normalized spacial score (nSPS) is 15.4. The van der Waals surface area contributed by atoms with Crippen molar-refractivity contribution in [2.75, 3.05) is 32.0 Å². The van der Waals surface area contributed by atoms with Crippen LogP contribution in [0.5, 0.6) is 0 Å². The third-order valence-corrected chi connectivity index (χ3v) is 9.65. The lowest BCUT2D eigenvalue weighted by atomic mass is 10.1. The number of aromatic nitrogens is 2. The molecule has 2 heterocycles. The van der Waals surface area contributed by atoms with Crippen LogP contribution in [-0.2, 0) is 24.0 Å². The standard InChI is InChI=1S/C35H41N7O4.C6H6.C4H6O.C2H6/c1-36-32(25-8-3-2-4-9-25)35(46)37-20-6-5-11-30(43)40-27-17-12-24(13-18-27)14-19-28-22-38-33(41-28)29-10-7-21-42(29)31(44)23-39-34(45)26-15-16-26;1-2-4-6-5-3-1;5-3-4-1-2-4;1-2/h2-4,8-9,12-13,17-18,22,26,29,32,36H,5-7,10-11,15-16,20-21,23H2,1H3,(H,37,46)(H,38,41)(H,39,45)(H,40,43);1-6H;3-4H,1-2H2;1-2H3. The van der Waals surface area contributed by atoms with E-state index in [9.17, 15) is 24.0 Å². The van der Waals surface area contributed by atoms with Gasteiger partial charge in [0, 0.05) is 42.6 Å². The molecular weight excluding hydrogens is 743 g/mol. The van der Waals surface area contributed by atoms with E-state index in [2.05, 4.69) is 43.1 Å².